The molecule has 1 amide bonds. The van der Waals surface area contributed by atoms with Crippen molar-refractivity contribution in [3.05, 3.63) is 44.5 Å². The van der Waals surface area contributed by atoms with Crippen LogP contribution in [0, 0.1) is 14.9 Å². The fourth-order valence-electron chi connectivity index (χ4n) is 1.19. The molecule has 2 aromatic rings. The van der Waals surface area contributed by atoms with Crippen LogP contribution < -0.4 is 5.32 Å². The Kier molecular flexibility index (Phi) is 3.71. The highest BCUT2D eigenvalue weighted by Crippen LogP contribution is 2.19. The third-order valence-corrected chi connectivity index (χ3v) is 3.71. The molecule has 1 aromatic heterocycles. The molecule has 84 valence electrons. The number of rotatable bonds is 2. The number of hydrogen-bond donors (Lipinski definition) is 1. The summed E-state index contributed by atoms with van der Waals surface area (Å²) < 4.78 is 0.875. The number of amides is 1. The normalized spacial score (nSPS) is 9.65. The van der Waals surface area contributed by atoms with Crippen LogP contribution in [0.15, 0.2) is 30.5 Å². The van der Waals surface area contributed by atoms with Crippen LogP contribution in [0.4, 0.5) is 5.13 Å². The number of thiazole rings is 1. The molecule has 1 heterocycles. The van der Waals surface area contributed by atoms with Gasteiger partial charge in [0.05, 0.1) is 11.8 Å². The average molecular weight is 355 g/mol. The Bertz CT molecular complexity index is 603. The smallest absolute Gasteiger partial charge is 0.258 e. The summed E-state index contributed by atoms with van der Waals surface area (Å²) in [6.07, 6.45) is 1.44. The number of aromatic nitrogens is 1. The van der Waals surface area contributed by atoms with Gasteiger partial charge >= 0.3 is 0 Å². The van der Waals surface area contributed by atoms with Crippen LogP contribution in [0.2, 0.25) is 0 Å². The number of benzene rings is 1. The molecule has 0 fully saturated rings. The molecule has 1 aromatic carbocycles. The van der Waals surface area contributed by atoms with E-state index in [4.69, 9.17) is 5.26 Å². The van der Waals surface area contributed by atoms with E-state index in [0.29, 0.717) is 15.6 Å². The Morgan fingerprint density at radius 1 is 1.47 bits per heavy atom. The van der Waals surface area contributed by atoms with Gasteiger partial charge in [-0.05, 0) is 34.7 Å². The van der Waals surface area contributed by atoms with Crippen molar-refractivity contribution in [3.63, 3.8) is 0 Å². The highest BCUT2D eigenvalue weighted by atomic mass is 127. The van der Waals surface area contributed by atoms with E-state index in [1.54, 1.807) is 12.1 Å². The molecular weight excluding hydrogens is 349 g/mol. The third-order valence-electron chi connectivity index (χ3n) is 1.95. The quantitative estimate of drug-likeness (QED) is 0.843. The van der Waals surface area contributed by atoms with Crippen LogP contribution in [0.1, 0.15) is 15.2 Å². The molecule has 6 heteroatoms. The first kappa shape index (κ1) is 12.0. The maximum Gasteiger partial charge on any atom is 0.258 e. The van der Waals surface area contributed by atoms with Gasteiger partial charge in [0.1, 0.15) is 10.9 Å². The molecule has 0 spiro atoms. The summed E-state index contributed by atoms with van der Waals surface area (Å²) in [6.45, 7) is 0. The zero-order valence-electron chi connectivity index (χ0n) is 8.48. The van der Waals surface area contributed by atoms with Gasteiger partial charge in [-0.2, -0.15) is 5.26 Å². The minimum Gasteiger partial charge on any atom is -0.298 e. The lowest BCUT2D eigenvalue weighted by molar-refractivity contribution is 0.102. The van der Waals surface area contributed by atoms with Crippen LogP contribution >= 0.6 is 33.9 Å². The molecule has 4 nitrogen and oxygen atoms in total. The topological polar surface area (TPSA) is 65.8 Å². The van der Waals surface area contributed by atoms with Crippen molar-refractivity contribution < 1.29 is 4.79 Å². The lowest BCUT2D eigenvalue weighted by Gasteiger charge is -2.03. The van der Waals surface area contributed by atoms with Crippen LogP contribution in [0.3, 0.4) is 0 Å². The van der Waals surface area contributed by atoms with Crippen molar-refractivity contribution >= 4 is 45.0 Å². The van der Waals surface area contributed by atoms with E-state index in [0.717, 1.165) is 14.9 Å². The summed E-state index contributed by atoms with van der Waals surface area (Å²) in [5.74, 6) is -0.214. The summed E-state index contributed by atoms with van der Waals surface area (Å²) in [5.41, 5.74) is 0.599. The summed E-state index contributed by atoms with van der Waals surface area (Å²) in [4.78, 5) is 16.3. The van der Waals surface area contributed by atoms with Crippen molar-refractivity contribution in [3.8, 4) is 6.07 Å². The molecule has 17 heavy (non-hydrogen) atoms. The molecule has 0 aliphatic carbocycles. The second-order valence-corrected chi connectivity index (χ2v) is 5.27. The Hall–Kier alpha value is -1.46. The van der Waals surface area contributed by atoms with E-state index in [1.165, 1.54) is 6.20 Å². The number of nitrogens with zero attached hydrogens (tertiary/aromatic N) is 2. The second kappa shape index (κ2) is 5.25. The fraction of sp³-hybridized carbons (Fsp3) is 0. The zero-order chi connectivity index (χ0) is 12.3. The second-order valence-electron chi connectivity index (χ2n) is 3.08. The number of carbonyl (C=O) groups is 1. The number of carbonyl (C=O) groups excluding carboxylic acids is 1. The molecule has 0 aliphatic rings. The highest BCUT2D eigenvalue weighted by molar-refractivity contribution is 14.1. The van der Waals surface area contributed by atoms with Gasteiger partial charge in [-0.1, -0.05) is 23.5 Å². The van der Waals surface area contributed by atoms with E-state index in [1.807, 2.05) is 18.2 Å². The van der Waals surface area contributed by atoms with Gasteiger partial charge in [0.2, 0.25) is 0 Å². The lowest BCUT2D eigenvalue weighted by atomic mass is 10.2. The molecular formula is C11H6IN3OS. The van der Waals surface area contributed by atoms with Crippen LogP contribution in [0.5, 0.6) is 0 Å². The van der Waals surface area contributed by atoms with Crippen molar-refractivity contribution in [2.24, 2.45) is 0 Å². The lowest BCUT2D eigenvalue weighted by Crippen LogP contribution is -2.12. The van der Waals surface area contributed by atoms with Gasteiger partial charge in [-0.15, -0.1) is 0 Å². The average Bonchev–Trinajstić information content (AvgIpc) is 2.77. The standard InChI is InChI=1S/C11H6IN3OS/c12-9-4-2-1-3-8(9)10(16)15-11-14-6-7(5-13)17-11/h1-4,6H,(H,14,15,16). The third kappa shape index (κ3) is 2.81. The summed E-state index contributed by atoms with van der Waals surface area (Å²) in [7, 11) is 0. The van der Waals surface area contributed by atoms with Crippen molar-refractivity contribution in [2.75, 3.05) is 5.32 Å². The van der Waals surface area contributed by atoms with Crippen LogP contribution in [-0.4, -0.2) is 10.9 Å². The predicted octanol–water partition coefficient (Wildman–Crippen LogP) is 2.87. The Labute approximate surface area is 115 Å². The number of hydrogen-bond acceptors (Lipinski definition) is 4. The van der Waals surface area contributed by atoms with E-state index >= 15 is 0 Å². The van der Waals surface area contributed by atoms with Gasteiger partial charge in [-0.25, -0.2) is 4.98 Å². The molecule has 0 saturated carbocycles. The molecule has 0 atom stereocenters. The fourth-order valence-corrected chi connectivity index (χ4v) is 2.43. The number of anilines is 1. The van der Waals surface area contributed by atoms with Crippen LogP contribution in [0.25, 0.3) is 0 Å². The molecule has 0 aliphatic heterocycles. The van der Waals surface area contributed by atoms with E-state index < -0.39 is 0 Å². The van der Waals surface area contributed by atoms with Crippen molar-refractivity contribution in [1.29, 1.82) is 5.26 Å². The first-order chi connectivity index (χ1) is 8.20. The zero-order valence-corrected chi connectivity index (χ0v) is 11.4. The van der Waals surface area contributed by atoms with Crippen LogP contribution in [-0.2, 0) is 0 Å². The Morgan fingerprint density at radius 3 is 2.88 bits per heavy atom. The van der Waals surface area contributed by atoms with Gasteiger partial charge in [0.15, 0.2) is 5.13 Å². The molecule has 0 unspecified atom stereocenters. The maximum atomic E-state index is 11.9. The van der Waals surface area contributed by atoms with E-state index in [-0.39, 0.29) is 5.91 Å². The van der Waals surface area contributed by atoms with Gasteiger partial charge < -0.3 is 0 Å². The monoisotopic (exact) mass is 355 g/mol. The minimum atomic E-state index is -0.214. The number of halogens is 1. The molecule has 0 bridgehead atoms. The number of nitrogens with one attached hydrogen (secondary N) is 1. The van der Waals surface area contributed by atoms with Gasteiger partial charge in [0.25, 0.3) is 5.91 Å². The first-order valence-corrected chi connectivity index (χ1v) is 6.52. The van der Waals surface area contributed by atoms with Crippen molar-refractivity contribution in [1.82, 2.24) is 4.98 Å². The summed E-state index contributed by atoms with van der Waals surface area (Å²) in [5, 5.41) is 11.8. The Balaban J connectivity index is 2.18. The summed E-state index contributed by atoms with van der Waals surface area (Å²) >= 11 is 3.26. The SMILES string of the molecule is N#Cc1cnc(NC(=O)c2ccccc2I)s1. The maximum absolute atomic E-state index is 11.9. The highest BCUT2D eigenvalue weighted by Gasteiger charge is 2.11. The van der Waals surface area contributed by atoms with E-state index in [2.05, 4.69) is 32.9 Å². The molecule has 0 radical (unpaired) electrons. The first-order valence-electron chi connectivity index (χ1n) is 4.62. The molecule has 0 saturated heterocycles. The minimum absolute atomic E-state index is 0.214. The summed E-state index contributed by atoms with van der Waals surface area (Å²) in [6, 6.07) is 9.26. The molecule has 1 N–H and O–H groups in total. The van der Waals surface area contributed by atoms with Gasteiger partial charge in [-0.3, -0.25) is 10.1 Å². The van der Waals surface area contributed by atoms with Crippen molar-refractivity contribution in [2.45, 2.75) is 0 Å². The van der Waals surface area contributed by atoms with Gasteiger partial charge in [0, 0.05) is 3.57 Å². The predicted molar refractivity (Wildman–Crippen MR) is 73.9 cm³/mol. The Morgan fingerprint density at radius 2 is 2.24 bits per heavy atom. The largest absolute Gasteiger partial charge is 0.298 e. The van der Waals surface area contributed by atoms with E-state index in [9.17, 15) is 4.79 Å². The number of nitriles is 1. The molecule has 2 rings (SSSR count).